The maximum absolute atomic E-state index is 2.21. The molecule has 0 heterocycles. The van der Waals surface area contributed by atoms with E-state index in [2.05, 4.69) is 58.8 Å². The summed E-state index contributed by atoms with van der Waals surface area (Å²) in [6, 6.07) is 8.71. The molecule has 0 unspecified atom stereocenters. The van der Waals surface area contributed by atoms with Crippen molar-refractivity contribution in [1.82, 2.24) is 0 Å². The highest BCUT2D eigenvalue weighted by Gasteiger charge is 1.98. The SMILES string of the molecule is BN(B)c1ccc(C(C)C)cc1. The summed E-state index contributed by atoms with van der Waals surface area (Å²) in [4.78, 5) is 0. The molecule has 1 nitrogen and oxygen atoms in total. The number of hydrogen-bond donors (Lipinski definition) is 0. The molecule has 1 rings (SSSR count). The van der Waals surface area contributed by atoms with Crippen LogP contribution in [0.5, 0.6) is 0 Å². The first-order valence-corrected chi connectivity index (χ1v) is 4.38. The van der Waals surface area contributed by atoms with Crippen LogP contribution < -0.4 is 4.72 Å². The van der Waals surface area contributed by atoms with E-state index in [0.717, 1.165) is 0 Å². The van der Waals surface area contributed by atoms with Crippen molar-refractivity contribution in [3.63, 3.8) is 0 Å². The zero-order valence-electron chi connectivity index (χ0n) is 8.33. The lowest BCUT2D eigenvalue weighted by atomic mass is 10.0. The minimum Gasteiger partial charge on any atom is -0.472 e. The second-order valence-electron chi connectivity index (χ2n) is 3.64. The smallest absolute Gasteiger partial charge is 0.202 e. The Morgan fingerprint density at radius 3 is 1.92 bits per heavy atom. The van der Waals surface area contributed by atoms with E-state index in [-0.39, 0.29) is 0 Å². The molecule has 0 amide bonds. The standard InChI is InChI=1S/C9H15B2N/c1-7(2)8-3-5-9(6-4-8)12(10)11/h3-7H,10-11H2,1-2H3. The van der Waals surface area contributed by atoms with Crippen molar-refractivity contribution in [2.24, 2.45) is 0 Å². The van der Waals surface area contributed by atoms with Crippen LogP contribution in [0.2, 0.25) is 0 Å². The van der Waals surface area contributed by atoms with Gasteiger partial charge in [0.1, 0.15) is 0 Å². The van der Waals surface area contributed by atoms with Gasteiger partial charge in [-0.05, 0) is 23.6 Å². The van der Waals surface area contributed by atoms with E-state index in [0.29, 0.717) is 5.92 Å². The van der Waals surface area contributed by atoms with Gasteiger partial charge in [-0.15, -0.1) is 0 Å². The van der Waals surface area contributed by atoms with Crippen LogP contribution in [0.25, 0.3) is 0 Å². The summed E-state index contributed by atoms with van der Waals surface area (Å²) in [5, 5.41) is 0. The zero-order chi connectivity index (χ0) is 9.14. The molecule has 0 aliphatic heterocycles. The molecule has 0 aromatic heterocycles. The van der Waals surface area contributed by atoms with Gasteiger partial charge in [0.05, 0.1) is 0 Å². The van der Waals surface area contributed by atoms with E-state index >= 15 is 0 Å². The van der Waals surface area contributed by atoms with Crippen molar-refractivity contribution < 1.29 is 0 Å². The lowest BCUT2D eigenvalue weighted by molar-refractivity contribution is 0.867. The molecule has 0 spiro atoms. The Labute approximate surface area is 76.6 Å². The molecule has 12 heavy (non-hydrogen) atoms. The number of rotatable bonds is 2. The average molecular weight is 159 g/mol. The normalized spacial score (nSPS) is 10.2. The van der Waals surface area contributed by atoms with E-state index in [4.69, 9.17) is 0 Å². The monoisotopic (exact) mass is 159 g/mol. The highest BCUT2D eigenvalue weighted by molar-refractivity contribution is 6.41. The van der Waals surface area contributed by atoms with E-state index in [9.17, 15) is 0 Å². The van der Waals surface area contributed by atoms with E-state index < -0.39 is 0 Å². The van der Waals surface area contributed by atoms with Crippen molar-refractivity contribution in [3.05, 3.63) is 29.8 Å². The fraction of sp³-hybridized carbons (Fsp3) is 0.333. The van der Waals surface area contributed by atoms with E-state index in [1.165, 1.54) is 11.3 Å². The molecule has 1 aromatic rings. The molecule has 62 valence electrons. The molecule has 0 bridgehead atoms. The highest BCUT2D eigenvalue weighted by Crippen LogP contribution is 2.17. The lowest BCUT2D eigenvalue weighted by Crippen LogP contribution is -2.13. The van der Waals surface area contributed by atoms with Gasteiger partial charge in [0.25, 0.3) is 0 Å². The number of benzene rings is 1. The third-order valence-electron chi connectivity index (χ3n) is 2.08. The highest BCUT2D eigenvalue weighted by atomic mass is 14.9. The first kappa shape index (κ1) is 9.24. The summed E-state index contributed by atoms with van der Waals surface area (Å²) in [5.74, 6) is 0.626. The Kier molecular flexibility index (Phi) is 2.85. The topological polar surface area (TPSA) is 3.24 Å². The molecule has 0 radical (unpaired) electrons. The lowest BCUT2D eigenvalue weighted by Gasteiger charge is -2.14. The van der Waals surface area contributed by atoms with Crippen LogP contribution >= 0.6 is 0 Å². The minimum atomic E-state index is 0.626. The predicted molar refractivity (Wildman–Crippen MR) is 60.1 cm³/mol. The van der Waals surface area contributed by atoms with Gasteiger partial charge in [-0.2, -0.15) is 0 Å². The van der Waals surface area contributed by atoms with Crippen LogP contribution in [-0.4, -0.2) is 16.0 Å². The van der Waals surface area contributed by atoms with Crippen molar-refractivity contribution in [1.29, 1.82) is 0 Å². The fourth-order valence-corrected chi connectivity index (χ4v) is 1.16. The van der Waals surface area contributed by atoms with Crippen LogP contribution in [0.3, 0.4) is 0 Å². The van der Waals surface area contributed by atoms with Gasteiger partial charge in [-0.25, -0.2) is 0 Å². The van der Waals surface area contributed by atoms with E-state index in [1.54, 1.807) is 0 Å². The molecule has 0 aliphatic rings. The van der Waals surface area contributed by atoms with Gasteiger partial charge in [0.2, 0.25) is 16.0 Å². The second-order valence-corrected chi connectivity index (χ2v) is 3.64. The van der Waals surface area contributed by atoms with Crippen molar-refractivity contribution in [2.45, 2.75) is 19.8 Å². The second kappa shape index (κ2) is 3.70. The molecular formula is C9H15B2N. The number of anilines is 1. The first-order valence-electron chi connectivity index (χ1n) is 4.38. The molecule has 1 aromatic carbocycles. The number of nitrogens with zero attached hydrogens (tertiary/aromatic N) is 1. The Morgan fingerprint density at radius 2 is 1.58 bits per heavy atom. The molecule has 0 fully saturated rings. The predicted octanol–water partition coefficient (Wildman–Crippen LogP) is 0.713. The Balaban J connectivity index is 2.86. The van der Waals surface area contributed by atoms with Gasteiger partial charge in [0, 0.05) is 5.69 Å². The summed E-state index contributed by atoms with van der Waals surface area (Å²) >= 11 is 0. The Bertz CT molecular complexity index is 214. The van der Waals surface area contributed by atoms with Crippen LogP contribution in [0.1, 0.15) is 25.3 Å². The third kappa shape index (κ3) is 2.07. The molecule has 0 N–H and O–H groups in total. The van der Waals surface area contributed by atoms with E-state index in [1.807, 2.05) is 0 Å². The Morgan fingerprint density at radius 1 is 1.08 bits per heavy atom. The van der Waals surface area contributed by atoms with Crippen molar-refractivity contribution in [3.8, 4) is 0 Å². The van der Waals surface area contributed by atoms with Gasteiger partial charge >= 0.3 is 0 Å². The van der Waals surface area contributed by atoms with Gasteiger partial charge in [0.15, 0.2) is 0 Å². The Hall–Kier alpha value is -0.850. The van der Waals surface area contributed by atoms with Gasteiger partial charge < -0.3 is 4.72 Å². The van der Waals surface area contributed by atoms with Crippen LogP contribution in [-0.2, 0) is 0 Å². The molecule has 0 saturated heterocycles. The summed E-state index contributed by atoms with van der Waals surface area (Å²) in [7, 11) is 4.12. The fourth-order valence-electron chi connectivity index (χ4n) is 1.16. The summed E-state index contributed by atoms with van der Waals surface area (Å²) in [5.41, 5.74) is 2.67. The van der Waals surface area contributed by atoms with Crippen molar-refractivity contribution in [2.75, 3.05) is 4.72 Å². The maximum Gasteiger partial charge on any atom is 0.202 e. The number of hydrogen-bond acceptors (Lipinski definition) is 1. The van der Waals surface area contributed by atoms with Gasteiger partial charge in [-0.3, -0.25) is 0 Å². The third-order valence-corrected chi connectivity index (χ3v) is 2.08. The molecule has 0 atom stereocenters. The molecule has 0 aliphatic carbocycles. The molecule has 3 heteroatoms. The maximum atomic E-state index is 2.21. The zero-order valence-corrected chi connectivity index (χ0v) is 8.33. The minimum absolute atomic E-state index is 0.626. The molecular weight excluding hydrogens is 144 g/mol. The summed E-state index contributed by atoms with van der Waals surface area (Å²) < 4.78 is 2.12. The largest absolute Gasteiger partial charge is 0.472 e. The average Bonchev–Trinajstić information content (AvgIpc) is 2.04. The van der Waals surface area contributed by atoms with Crippen LogP contribution in [0.15, 0.2) is 24.3 Å². The quantitative estimate of drug-likeness (QED) is 0.574. The van der Waals surface area contributed by atoms with Crippen molar-refractivity contribution >= 4 is 21.6 Å². The summed E-state index contributed by atoms with van der Waals surface area (Å²) in [6.07, 6.45) is 0. The first-order chi connectivity index (χ1) is 5.61. The molecule has 0 saturated carbocycles. The van der Waals surface area contributed by atoms with Crippen LogP contribution in [0, 0.1) is 0 Å². The van der Waals surface area contributed by atoms with Gasteiger partial charge in [-0.1, -0.05) is 26.0 Å². The summed E-state index contributed by atoms with van der Waals surface area (Å²) in [6.45, 7) is 4.43. The van der Waals surface area contributed by atoms with Crippen LogP contribution in [0.4, 0.5) is 5.69 Å².